The molecule has 0 aromatic carbocycles. The van der Waals surface area contributed by atoms with Crippen molar-refractivity contribution >= 4 is 11.8 Å². The topological polar surface area (TPSA) is 84.3 Å². The van der Waals surface area contributed by atoms with E-state index in [4.69, 9.17) is 9.84 Å². The fourth-order valence-electron chi connectivity index (χ4n) is 1.65. The predicted molar refractivity (Wildman–Crippen MR) is 56.4 cm³/mol. The van der Waals surface area contributed by atoms with Crippen LogP contribution < -0.4 is 5.32 Å². The molecule has 1 aliphatic heterocycles. The number of carbonyl (C=O) groups is 1. The average molecular weight is 223 g/mol. The van der Waals surface area contributed by atoms with Gasteiger partial charge in [-0.1, -0.05) is 0 Å². The molecule has 1 saturated heterocycles. The first-order chi connectivity index (χ1) is 7.66. The maximum absolute atomic E-state index is 10.7. The number of aromatic carboxylic acids is 1. The molecule has 2 atom stereocenters. The first kappa shape index (κ1) is 10.8. The average Bonchev–Trinajstić information content (AvgIpc) is 2.65. The number of aromatic nitrogens is 2. The van der Waals surface area contributed by atoms with Crippen molar-refractivity contribution in [2.45, 2.75) is 25.5 Å². The molecule has 86 valence electrons. The van der Waals surface area contributed by atoms with Crippen molar-refractivity contribution in [1.82, 2.24) is 9.97 Å². The highest BCUT2D eigenvalue weighted by Gasteiger charge is 2.24. The van der Waals surface area contributed by atoms with Crippen LogP contribution in [0.15, 0.2) is 12.4 Å². The van der Waals surface area contributed by atoms with Crippen molar-refractivity contribution in [3.8, 4) is 0 Å². The van der Waals surface area contributed by atoms with E-state index < -0.39 is 5.97 Å². The summed E-state index contributed by atoms with van der Waals surface area (Å²) in [6, 6.07) is 0.165. The standard InChI is InChI=1S/C10H13N3O3/c1-6-7(2-3-16-6)12-9-5-11-4-8(13-9)10(14)15/h4-7H,2-3H2,1H3,(H,12,13)(H,14,15). The summed E-state index contributed by atoms with van der Waals surface area (Å²) in [5.41, 5.74) is -0.0587. The Hall–Kier alpha value is -1.69. The fourth-order valence-corrected chi connectivity index (χ4v) is 1.65. The summed E-state index contributed by atoms with van der Waals surface area (Å²) in [4.78, 5) is 18.5. The lowest BCUT2D eigenvalue weighted by atomic mass is 10.1. The molecule has 0 spiro atoms. The van der Waals surface area contributed by atoms with Gasteiger partial charge in [0.15, 0.2) is 5.69 Å². The number of rotatable bonds is 3. The van der Waals surface area contributed by atoms with Gasteiger partial charge in [0, 0.05) is 6.61 Å². The Morgan fingerprint density at radius 3 is 3.06 bits per heavy atom. The molecule has 1 fully saturated rings. The summed E-state index contributed by atoms with van der Waals surface area (Å²) >= 11 is 0. The minimum absolute atomic E-state index is 0.0587. The van der Waals surface area contributed by atoms with E-state index in [-0.39, 0.29) is 17.8 Å². The van der Waals surface area contributed by atoms with Crippen LogP contribution >= 0.6 is 0 Å². The number of nitrogens with one attached hydrogen (secondary N) is 1. The van der Waals surface area contributed by atoms with Crippen LogP contribution in [0, 0.1) is 0 Å². The Labute approximate surface area is 92.7 Å². The number of carboxylic acid groups (broad SMARTS) is 1. The molecule has 2 rings (SSSR count). The smallest absolute Gasteiger partial charge is 0.356 e. The number of hydrogen-bond donors (Lipinski definition) is 2. The van der Waals surface area contributed by atoms with Crippen molar-refractivity contribution < 1.29 is 14.6 Å². The molecule has 16 heavy (non-hydrogen) atoms. The maximum Gasteiger partial charge on any atom is 0.356 e. The van der Waals surface area contributed by atoms with Gasteiger partial charge in [0.2, 0.25) is 0 Å². The second-order valence-electron chi connectivity index (χ2n) is 3.71. The van der Waals surface area contributed by atoms with Gasteiger partial charge >= 0.3 is 5.97 Å². The van der Waals surface area contributed by atoms with Crippen LogP contribution in [0.1, 0.15) is 23.8 Å². The quantitative estimate of drug-likeness (QED) is 0.787. The highest BCUT2D eigenvalue weighted by molar-refractivity contribution is 5.85. The minimum Gasteiger partial charge on any atom is -0.476 e. The zero-order chi connectivity index (χ0) is 11.5. The van der Waals surface area contributed by atoms with Crippen LogP contribution in [0.3, 0.4) is 0 Å². The van der Waals surface area contributed by atoms with Crippen LogP contribution in [0.4, 0.5) is 5.82 Å². The summed E-state index contributed by atoms with van der Waals surface area (Å²) in [6.07, 6.45) is 3.73. The van der Waals surface area contributed by atoms with Crippen LogP contribution in [0.2, 0.25) is 0 Å². The summed E-state index contributed by atoms with van der Waals surface area (Å²) in [6.45, 7) is 2.68. The molecule has 2 unspecified atom stereocenters. The monoisotopic (exact) mass is 223 g/mol. The second kappa shape index (κ2) is 4.44. The molecular formula is C10H13N3O3. The zero-order valence-corrected chi connectivity index (χ0v) is 8.88. The van der Waals surface area contributed by atoms with Crippen molar-refractivity contribution in [2.75, 3.05) is 11.9 Å². The van der Waals surface area contributed by atoms with Gasteiger partial charge < -0.3 is 15.2 Å². The Balaban J connectivity index is 2.09. The summed E-state index contributed by atoms with van der Waals surface area (Å²) in [5, 5.41) is 11.9. The van der Waals surface area contributed by atoms with Gasteiger partial charge in [-0.25, -0.2) is 9.78 Å². The van der Waals surface area contributed by atoms with Gasteiger partial charge in [-0.15, -0.1) is 0 Å². The predicted octanol–water partition coefficient (Wildman–Crippen LogP) is 0.764. The minimum atomic E-state index is -1.08. The number of ether oxygens (including phenoxy) is 1. The molecule has 0 radical (unpaired) electrons. The second-order valence-corrected chi connectivity index (χ2v) is 3.71. The normalized spacial score (nSPS) is 24.3. The summed E-state index contributed by atoms with van der Waals surface area (Å²) < 4.78 is 5.39. The molecule has 0 aliphatic carbocycles. The lowest BCUT2D eigenvalue weighted by Crippen LogP contribution is -2.27. The van der Waals surface area contributed by atoms with Gasteiger partial charge in [-0.05, 0) is 13.3 Å². The Morgan fingerprint density at radius 1 is 1.62 bits per heavy atom. The van der Waals surface area contributed by atoms with Crippen LogP contribution in [0.25, 0.3) is 0 Å². The van der Waals surface area contributed by atoms with E-state index in [1.54, 1.807) is 0 Å². The molecule has 0 bridgehead atoms. The molecule has 2 N–H and O–H groups in total. The first-order valence-electron chi connectivity index (χ1n) is 5.10. The third kappa shape index (κ3) is 2.27. The van der Waals surface area contributed by atoms with E-state index in [9.17, 15) is 4.79 Å². The third-order valence-electron chi connectivity index (χ3n) is 2.56. The third-order valence-corrected chi connectivity index (χ3v) is 2.56. The van der Waals surface area contributed by atoms with E-state index >= 15 is 0 Å². The Kier molecular flexibility index (Phi) is 3.00. The molecule has 1 aromatic heterocycles. The zero-order valence-electron chi connectivity index (χ0n) is 8.88. The summed E-state index contributed by atoms with van der Waals surface area (Å²) in [5.74, 6) is -0.603. The number of hydrogen-bond acceptors (Lipinski definition) is 5. The van der Waals surface area contributed by atoms with E-state index in [1.807, 2.05) is 6.92 Å². The van der Waals surface area contributed by atoms with Crippen LogP contribution in [0.5, 0.6) is 0 Å². The van der Waals surface area contributed by atoms with Crippen molar-refractivity contribution in [2.24, 2.45) is 0 Å². The van der Waals surface area contributed by atoms with Gasteiger partial charge in [-0.2, -0.15) is 0 Å². The lowest BCUT2D eigenvalue weighted by molar-refractivity contribution is 0.0690. The van der Waals surface area contributed by atoms with Crippen molar-refractivity contribution in [3.63, 3.8) is 0 Å². The molecule has 0 amide bonds. The maximum atomic E-state index is 10.7. The van der Waals surface area contributed by atoms with Gasteiger partial charge in [-0.3, -0.25) is 4.98 Å². The highest BCUT2D eigenvalue weighted by Crippen LogP contribution is 2.17. The lowest BCUT2D eigenvalue weighted by Gasteiger charge is -2.16. The fraction of sp³-hybridized carbons (Fsp3) is 0.500. The Bertz CT molecular complexity index is 397. The molecule has 0 saturated carbocycles. The molecule has 2 heterocycles. The number of carboxylic acids is 1. The molecule has 1 aliphatic rings. The first-order valence-corrected chi connectivity index (χ1v) is 5.10. The van der Waals surface area contributed by atoms with Crippen molar-refractivity contribution in [1.29, 1.82) is 0 Å². The molecule has 6 nitrogen and oxygen atoms in total. The largest absolute Gasteiger partial charge is 0.476 e. The SMILES string of the molecule is CC1OCCC1Nc1cncc(C(=O)O)n1. The van der Waals surface area contributed by atoms with Gasteiger partial charge in [0.1, 0.15) is 5.82 Å². The molecule has 6 heteroatoms. The number of nitrogens with zero attached hydrogens (tertiary/aromatic N) is 2. The Morgan fingerprint density at radius 2 is 2.44 bits per heavy atom. The highest BCUT2D eigenvalue weighted by atomic mass is 16.5. The summed E-state index contributed by atoms with van der Waals surface area (Å²) in [7, 11) is 0. The van der Waals surface area contributed by atoms with Gasteiger partial charge in [0.25, 0.3) is 0 Å². The van der Waals surface area contributed by atoms with Crippen molar-refractivity contribution in [3.05, 3.63) is 18.1 Å². The van der Waals surface area contributed by atoms with Crippen LogP contribution in [-0.2, 0) is 4.74 Å². The number of anilines is 1. The van der Waals surface area contributed by atoms with E-state index in [0.29, 0.717) is 12.4 Å². The molecular weight excluding hydrogens is 210 g/mol. The van der Waals surface area contributed by atoms with Crippen LogP contribution in [-0.4, -0.2) is 39.8 Å². The van der Waals surface area contributed by atoms with E-state index in [1.165, 1.54) is 12.4 Å². The van der Waals surface area contributed by atoms with Gasteiger partial charge in [0.05, 0.1) is 24.5 Å². The van der Waals surface area contributed by atoms with E-state index in [0.717, 1.165) is 6.42 Å². The molecule has 1 aromatic rings. The van der Waals surface area contributed by atoms with E-state index in [2.05, 4.69) is 15.3 Å².